The molecular weight excluding hydrogens is 388 g/mol. The number of carbonyl (C=O) groups excluding carboxylic acids is 2. The quantitative estimate of drug-likeness (QED) is 0.707. The van der Waals surface area contributed by atoms with Gasteiger partial charge in [0.05, 0.1) is 38.5 Å². The maximum Gasteiger partial charge on any atom is 0.337 e. The Morgan fingerprint density at radius 2 is 1.77 bits per heavy atom. The Bertz CT molecular complexity index is 748. The lowest BCUT2D eigenvalue weighted by molar-refractivity contribution is -0.132. The second-order valence-corrected chi connectivity index (χ2v) is 8.42. The molecule has 2 aliphatic heterocycles. The van der Waals surface area contributed by atoms with Gasteiger partial charge in [-0.15, -0.1) is 0 Å². The Balaban J connectivity index is 1.31. The van der Waals surface area contributed by atoms with E-state index in [4.69, 9.17) is 14.2 Å². The van der Waals surface area contributed by atoms with Gasteiger partial charge in [0.1, 0.15) is 11.9 Å². The van der Waals surface area contributed by atoms with Gasteiger partial charge in [-0.25, -0.2) is 4.79 Å². The zero-order valence-corrected chi connectivity index (χ0v) is 17.4. The summed E-state index contributed by atoms with van der Waals surface area (Å²) in [7, 11) is 1.35. The average Bonchev–Trinajstić information content (AvgIpc) is 3.17. The van der Waals surface area contributed by atoms with E-state index in [1.54, 1.807) is 24.3 Å². The maximum atomic E-state index is 12.7. The van der Waals surface area contributed by atoms with Crippen LogP contribution in [-0.4, -0.2) is 92.0 Å². The second-order valence-electron chi connectivity index (χ2n) is 8.42. The van der Waals surface area contributed by atoms with Gasteiger partial charge in [0.25, 0.3) is 0 Å². The number of morpholine rings is 1. The van der Waals surface area contributed by atoms with E-state index in [2.05, 4.69) is 4.90 Å². The van der Waals surface area contributed by atoms with Gasteiger partial charge in [0.15, 0.2) is 0 Å². The Labute approximate surface area is 176 Å². The lowest BCUT2D eigenvalue weighted by Crippen LogP contribution is -2.44. The van der Waals surface area contributed by atoms with Gasteiger partial charge < -0.3 is 24.2 Å². The molecule has 1 aromatic rings. The van der Waals surface area contributed by atoms with E-state index in [-0.39, 0.29) is 12.0 Å². The van der Waals surface area contributed by atoms with Crippen molar-refractivity contribution in [1.82, 2.24) is 9.80 Å². The molecule has 4 atom stereocenters. The van der Waals surface area contributed by atoms with Crippen LogP contribution in [-0.2, 0) is 14.3 Å². The van der Waals surface area contributed by atoms with Crippen molar-refractivity contribution in [3.63, 3.8) is 0 Å². The average molecular weight is 418 g/mol. The predicted molar refractivity (Wildman–Crippen MR) is 108 cm³/mol. The Kier molecular flexibility index (Phi) is 6.55. The fourth-order valence-corrected chi connectivity index (χ4v) is 4.73. The minimum atomic E-state index is -0.569. The van der Waals surface area contributed by atoms with Crippen molar-refractivity contribution in [3.8, 4) is 5.75 Å². The number of nitrogens with zero attached hydrogens (tertiary/aromatic N) is 2. The van der Waals surface area contributed by atoms with Crippen LogP contribution in [0.2, 0.25) is 0 Å². The van der Waals surface area contributed by atoms with Crippen molar-refractivity contribution in [3.05, 3.63) is 29.8 Å². The minimum Gasteiger partial charge on any atom is -0.488 e. The lowest BCUT2D eigenvalue weighted by atomic mass is 9.78. The van der Waals surface area contributed by atoms with Crippen molar-refractivity contribution in [1.29, 1.82) is 0 Å². The molecule has 30 heavy (non-hydrogen) atoms. The third-order valence-electron chi connectivity index (χ3n) is 6.46. The number of fused-ring (bicyclic) bond motifs is 1. The Morgan fingerprint density at radius 3 is 2.43 bits per heavy atom. The summed E-state index contributed by atoms with van der Waals surface area (Å²) in [5.74, 6) is 1.03. The number of hydrogen-bond donors (Lipinski definition) is 1. The van der Waals surface area contributed by atoms with Crippen LogP contribution >= 0.6 is 0 Å². The molecule has 3 fully saturated rings. The van der Waals surface area contributed by atoms with E-state index in [1.165, 1.54) is 7.11 Å². The number of aliphatic hydroxyl groups excluding tert-OH is 1. The highest BCUT2D eigenvalue weighted by atomic mass is 16.5. The third kappa shape index (κ3) is 4.77. The van der Waals surface area contributed by atoms with Crippen molar-refractivity contribution in [2.24, 2.45) is 11.8 Å². The molecule has 164 valence electrons. The zero-order valence-electron chi connectivity index (χ0n) is 17.4. The smallest absolute Gasteiger partial charge is 0.337 e. The monoisotopic (exact) mass is 418 g/mol. The molecule has 0 unspecified atom stereocenters. The van der Waals surface area contributed by atoms with Crippen LogP contribution in [0, 0.1) is 11.8 Å². The van der Waals surface area contributed by atoms with E-state index in [0.717, 1.165) is 19.6 Å². The third-order valence-corrected chi connectivity index (χ3v) is 6.46. The summed E-state index contributed by atoms with van der Waals surface area (Å²) >= 11 is 0. The Morgan fingerprint density at radius 1 is 1.10 bits per heavy atom. The summed E-state index contributed by atoms with van der Waals surface area (Å²) in [5, 5.41) is 10.6. The van der Waals surface area contributed by atoms with Crippen LogP contribution < -0.4 is 4.74 Å². The first-order valence-electron chi connectivity index (χ1n) is 10.6. The number of esters is 1. The molecule has 3 aliphatic rings. The summed E-state index contributed by atoms with van der Waals surface area (Å²) in [4.78, 5) is 28.4. The number of amides is 1. The second kappa shape index (κ2) is 9.32. The van der Waals surface area contributed by atoms with Crippen molar-refractivity contribution < 1.29 is 28.9 Å². The number of rotatable bonds is 5. The molecule has 1 N–H and O–H groups in total. The van der Waals surface area contributed by atoms with Crippen LogP contribution in [0.25, 0.3) is 0 Å². The molecule has 1 aliphatic carbocycles. The number of carbonyl (C=O) groups is 2. The fraction of sp³-hybridized carbons (Fsp3) is 0.636. The highest BCUT2D eigenvalue weighted by Gasteiger charge is 2.44. The first kappa shape index (κ1) is 21.1. The molecule has 1 aromatic carbocycles. The number of methoxy groups -OCH3 is 1. The Hall–Kier alpha value is -2.16. The topological polar surface area (TPSA) is 88.5 Å². The first-order valence-corrected chi connectivity index (χ1v) is 10.6. The van der Waals surface area contributed by atoms with Crippen molar-refractivity contribution in [2.45, 2.75) is 25.0 Å². The molecule has 2 saturated heterocycles. The number of likely N-dealkylation sites (tertiary alicyclic amines) is 1. The largest absolute Gasteiger partial charge is 0.488 e. The van der Waals surface area contributed by atoms with Gasteiger partial charge >= 0.3 is 5.97 Å². The van der Waals surface area contributed by atoms with Crippen LogP contribution in [0.4, 0.5) is 0 Å². The molecular formula is C22H30N2O6. The highest BCUT2D eigenvalue weighted by molar-refractivity contribution is 5.89. The summed E-state index contributed by atoms with van der Waals surface area (Å²) in [6.45, 7) is 4.85. The van der Waals surface area contributed by atoms with Gasteiger partial charge in [-0.1, -0.05) is 0 Å². The molecule has 0 bridgehead atoms. The van der Waals surface area contributed by atoms with E-state index < -0.39 is 12.1 Å². The molecule has 0 radical (unpaired) electrons. The number of hydrogen-bond acceptors (Lipinski definition) is 7. The molecule has 0 spiro atoms. The van der Waals surface area contributed by atoms with Crippen LogP contribution in [0.1, 0.15) is 23.2 Å². The standard InChI is InChI=1S/C22H30N2O6/c1-28-22(27)15-2-4-18(5-3-15)30-20-11-17-13-24(12-16(17)10-19(20)25)21(26)14-23-6-8-29-9-7-23/h2-5,16-17,19-20,25H,6-14H2,1H3/t16-,17+,19+,20+/m0/s1. The molecule has 8 heteroatoms. The predicted octanol–water partition coefficient (Wildman–Crippen LogP) is 0.782. The maximum absolute atomic E-state index is 12.7. The van der Waals surface area contributed by atoms with Gasteiger partial charge in [-0.3, -0.25) is 9.69 Å². The first-order chi connectivity index (χ1) is 14.5. The number of benzene rings is 1. The van der Waals surface area contributed by atoms with Crippen molar-refractivity contribution >= 4 is 11.9 Å². The van der Waals surface area contributed by atoms with Gasteiger partial charge in [-0.2, -0.15) is 0 Å². The van der Waals surface area contributed by atoms with Gasteiger partial charge in [0, 0.05) is 26.2 Å². The summed E-state index contributed by atoms with van der Waals surface area (Å²) in [5.41, 5.74) is 0.458. The molecule has 4 rings (SSSR count). The zero-order chi connectivity index (χ0) is 21.1. The van der Waals surface area contributed by atoms with E-state index >= 15 is 0 Å². The summed E-state index contributed by atoms with van der Waals surface area (Å²) < 4.78 is 16.1. The van der Waals surface area contributed by atoms with E-state index in [9.17, 15) is 14.7 Å². The molecule has 0 aromatic heterocycles. The summed E-state index contributed by atoms with van der Waals surface area (Å²) in [6, 6.07) is 6.75. The minimum absolute atomic E-state index is 0.164. The summed E-state index contributed by atoms with van der Waals surface area (Å²) in [6.07, 6.45) is 0.466. The van der Waals surface area contributed by atoms with Gasteiger partial charge in [-0.05, 0) is 48.9 Å². The molecule has 8 nitrogen and oxygen atoms in total. The fourth-order valence-electron chi connectivity index (χ4n) is 4.73. The highest BCUT2D eigenvalue weighted by Crippen LogP contribution is 2.38. The number of ether oxygens (including phenoxy) is 3. The number of aliphatic hydroxyl groups is 1. The van der Waals surface area contributed by atoms with E-state index in [1.807, 2.05) is 4.90 Å². The van der Waals surface area contributed by atoms with Crippen LogP contribution in [0.3, 0.4) is 0 Å². The SMILES string of the molecule is COC(=O)c1ccc(O[C@@H]2C[C@@H]3CN(C(=O)CN4CCOCC4)C[C@@H]3C[C@H]2O)cc1. The lowest BCUT2D eigenvalue weighted by Gasteiger charge is -2.35. The molecule has 2 heterocycles. The van der Waals surface area contributed by atoms with E-state index in [0.29, 0.717) is 62.3 Å². The molecule has 1 amide bonds. The van der Waals surface area contributed by atoms with Crippen LogP contribution in [0.5, 0.6) is 5.75 Å². The molecule has 1 saturated carbocycles. The van der Waals surface area contributed by atoms with Crippen LogP contribution in [0.15, 0.2) is 24.3 Å². The normalized spacial score (nSPS) is 29.3. The van der Waals surface area contributed by atoms with Crippen molar-refractivity contribution in [2.75, 3.05) is 53.0 Å². The van der Waals surface area contributed by atoms with Gasteiger partial charge in [0.2, 0.25) is 5.91 Å².